The highest BCUT2D eigenvalue weighted by molar-refractivity contribution is 5.37. The number of rotatable bonds is 6. The first-order valence-electron chi connectivity index (χ1n) is 4.91. The number of nitrogens with two attached hydrogens (primary N) is 2. The lowest BCUT2D eigenvalue weighted by molar-refractivity contribution is -0.168. The molecule has 0 amide bonds. The second kappa shape index (κ2) is 5.91. The molecular weight excluding hydrogens is 256 g/mol. The Morgan fingerprint density at radius 1 is 1.39 bits per heavy atom. The van der Waals surface area contributed by atoms with Gasteiger partial charge in [-0.25, -0.2) is 18.7 Å². The Morgan fingerprint density at radius 2 is 2.06 bits per heavy atom. The van der Waals surface area contributed by atoms with E-state index in [0.29, 0.717) is 5.56 Å². The highest BCUT2D eigenvalue weighted by Crippen LogP contribution is 2.23. The molecule has 1 aromatic heterocycles. The van der Waals surface area contributed by atoms with Crippen molar-refractivity contribution in [3.8, 4) is 0 Å². The van der Waals surface area contributed by atoms with Crippen LogP contribution in [0.4, 0.5) is 23.4 Å². The summed E-state index contributed by atoms with van der Waals surface area (Å²) in [7, 11) is 0. The van der Waals surface area contributed by atoms with E-state index in [4.69, 9.17) is 11.5 Å². The largest absolute Gasteiger partial charge is 0.383 e. The third kappa shape index (κ3) is 3.77. The van der Waals surface area contributed by atoms with Gasteiger partial charge in [0.1, 0.15) is 19.0 Å². The van der Waals surface area contributed by atoms with E-state index >= 15 is 0 Å². The molecule has 0 aliphatic heterocycles. The van der Waals surface area contributed by atoms with Crippen molar-refractivity contribution in [1.29, 1.82) is 0 Å². The molecule has 0 radical (unpaired) electrons. The van der Waals surface area contributed by atoms with Crippen LogP contribution in [0.2, 0.25) is 0 Å². The van der Waals surface area contributed by atoms with E-state index in [1.54, 1.807) is 0 Å². The Hall–Kier alpha value is -1.48. The molecule has 5 nitrogen and oxygen atoms in total. The second-order valence-corrected chi connectivity index (χ2v) is 3.46. The fourth-order valence-corrected chi connectivity index (χ4v) is 1.03. The van der Waals surface area contributed by atoms with Crippen molar-refractivity contribution in [3.63, 3.8) is 0 Å². The first-order chi connectivity index (χ1) is 8.36. The zero-order valence-electron chi connectivity index (χ0n) is 9.25. The molecule has 9 heteroatoms. The van der Waals surface area contributed by atoms with Crippen LogP contribution in [-0.2, 0) is 17.9 Å². The predicted molar refractivity (Wildman–Crippen MR) is 54.9 cm³/mol. The predicted octanol–water partition coefficient (Wildman–Crippen LogP) is 0.934. The first kappa shape index (κ1) is 14.6. The minimum Gasteiger partial charge on any atom is -0.383 e. The fourth-order valence-electron chi connectivity index (χ4n) is 1.03. The lowest BCUT2D eigenvalue weighted by atomic mass is 10.3. The summed E-state index contributed by atoms with van der Waals surface area (Å²) in [4.78, 5) is 7.48. The molecule has 0 saturated heterocycles. The van der Waals surface area contributed by atoms with Crippen LogP contribution < -0.4 is 11.5 Å². The Morgan fingerprint density at radius 3 is 2.56 bits per heavy atom. The van der Waals surface area contributed by atoms with Crippen LogP contribution in [0.1, 0.15) is 11.4 Å². The topological polar surface area (TPSA) is 87.0 Å². The lowest BCUT2D eigenvalue weighted by Crippen LogP contribution is -2.32. The first-order valence-corrected chi connectivity index (χ1v) is 4.91. The summed E-state index contributed by atoms with van der Waals surface area (Å²) >= 11 is 0. The number of alkyl halides is 4. The van der Waals surface area contributed by atoms with Gasteiger partial charge in [0.2, 0.25) is 0 Å². The Bertz CT molecular complexity index is 402. The van der Waals surface area contributed by atoms with Crippen molar-refractivity contribution < 1.29 is 22.3 Å². The fraction of sp³-hybridized carbons (Fsp3) is 0.556. The molecule has 0 aromatic carbocycles. The Labute approximate surface area is 100 Å². The van der Waals surface area contributed by atoms with E-state index in [9.17, 15) is 17.6 Å². The van der Waals surface area contributed by atoms with Gasteiger partial charge in [-0.15, -0.1) is 0 Å². The molecule has 0 spiro atoms. The molecule has 102 valence electrons. The molecule has 0 fully saturated rings. The van der Waals surface area contributed by atoms with Crippen LogP contribution in [0.5, 0.6) is 0 Å². The zero-order chi connectivity index (χ0) is 13.8. The van der Waals surface area contributed by atoms with E-state index in [1.807, 2.05) is 0 Å². The standard InChI is InChI=1S/C9H12F4N4O/c10-8(11)9(12,13)4-18-3-6-16-2-5(1-14)7(15)17-6/h2,8H,1,3-4,14H2,(H2,15,16,17). The highest BCUT2D eigenvalue weighted by atomic mass is 19.3. The maximum atomic E-state index is 12.5. The third-order valence-electron chi connectivity index (χ3n) is 2.01. The number of hydrogen-bond donors (Lipinski definition) is 2. The molecule has 0 aliphatic carbocycles. The Balaban J connectivity index is 2.52. The van der Waals surface area contributed by atoms with Crippen molar-refractivity contribution in [1.82, 2.24) is 9.97 Å². The molecule has 0 saturated carbocycles. The van der Waals surface area contributed by atoms with Gasteiger partial charge < -0.3 is 16.2 Å². The second-order valence-electron chi connectivity index (χ2n) is 3.46. The van der Waals surface area contributed by atoms with Crippen LogP contribution in [0.25, 0.3) is 0 Å². The average Bonchev–Trinajstić information content (AvgIpc) is 2.29. The average molecular weight is 268 g/mol. The normalized spacial score (nSPS) is 12.1. The van der Waals surface area contributed by atoms with Crippen LogP contribution in [-0.4, -0.2) is 28.9 Å². The molecule has 1 heterocycles. The van der Waals surface area contributed by atoms with Gasteiger partial charge in [-0.2, -0.15) is 8.78 Å². The van der Waals surface area contributed by atoms with Gasteiger partial charge in [-0.1, -0.05) is 0 Å². The molecular formula is C9H12F4N4O. The van der Waals surface area contributed by atoms with Crippen molar-refractivity contribution in [2.75, 3.05) is 12.3 Å². The number of aromatic nitrogens is 2. The SMILES string of the molecule is NCc1cnc(COCC(F)(F)C(F)F)nc1N. The smallest absolute Gasteiger partial charge is 0.330 e. The van der Waals surface area contributed by atoms with Crippen LogP contribution in [0, 0.1) is 0 Å². The third-order valence-corrected chi connectivity index (χ3v) is 2.01. The number of nitrogens with zero attached hydrogens (tertiary/aromatic N) is 2. The molecule has 4 N–H and O–H groups in total. The minimum absolute atomic E-state index is 0.0229. The van der Waals surface area contributed by atoms with Crippen molar-refractivity contribution >= 4 is 5.82 Å². The monoisotopic (exact) mass is 268 g/mol. The van der Waals surface area contributed by atoms with Crippen molar-refractivity contribution in [3.05, 3.63) is 17.6 Å². The number of nitrogen functional groups attached to an aromatic ring is 1. The molecule has 0 bridgehead atoms. The summed E-state index contributed by atoms with van der Waals surface area (Å²) in [6, 6.07) is 0. The minimum atomic E-state index is -4.19. The molecule has 1 aromatic rings. The van der Waals surface area contributed by atoms with E-state index in [0.717, 1.165) is 0 Å². The Kier molecular flexibility index (Phi) is 4.79. The van der Waals surface area contributed by atoms with Crippen LogP contribution in [0.3, 0.4) is 0 Å². The van der Waals surface area contributed by atoms with Gasteiger partial charge in [-0.3, -0.25) is 0 Å². The van der Waals surface area contributed by atoms with E-state index in [-0.39, 0.29) is 18.2 Å². The number of ether oxygens (including phenoxy) is 1. The van der Waals surface area contributed by atoms with Gasteiger partial charge in [0.15, 0.2) is 5.82 Å². The van der Waals surface area contributed by atoms with Gasteiger partial charge in [0.25, 0.3) is 0 Å². The summed E-state index contributed by atoms with van der Waals surface area (Å²) < 4.78 is 53.0. The van der Waals surface area contributed by atoms with Gasteiger partial charge in [0, 0.05) is 18.3 Å². The van der Waals surface area contributed by atoms with Gasteiger partial charge >= 0.3 is 12.3 Å². The number of halogens is 4. The van der Waals surface area contributed by atoms with E-state index in [2.05, 4.69) is 14.7 Å². The molecule has 1 rings (SSSR count). The number of hydrogen-bond acceptors (Lipinski definition) is 5. The van der Waals surface area contributed by atoms with Crippen molar-refractivity contribution in [2.24, 2.45) is 5.73 Å². The maximum Gasteiger partial charge on any atom is 0.330 e. The molecule has 0 unspecified atom stereocenters. The van der Waals surface area contributed by atoms with Crippen molar-refractivity contribution in [2.45, 2.75) is 25.5 Å². The highest BCUT2D eigenvalue weighted by Gasteiger charge is 2.40. The molecule has 0 aliphatic rings. The summed E-state index contributed by atoms with van der Waals surface area (Å²) in [6.45, 7) is -1.71. The van der Waals surface area contributed by atoms with Crippen LogP contribution in [0.15, 0.2) is 6.20 Å². The zero-order valence-corrected chi connectivity index (χ0v) is 9.25. The summed E-state index contributed by atoms with van der Waals surface area (Å²) in [5.41, 5.74) is 11.3. The summed E-state index contributed by atoms with van der Waals surface area (Å²) in [5, 5.41) is 0. The van der Waals surface area contributed by atoms with Gasteiger partial charge in [0.05, 0.1) is 0 Å². The maximum absolute atomic E-state index is 12.5. The van der Waals surface area contributed by atoms with Crippen LogP contribution >= 0.6 is 0 Å². The molecule has 0 atom stereocenters. The van der Waals surface area contributed by atoms with E-state index < -0.39 is 25.6 Å². The molecule has 18 heavy (non-hydrogen) atoms. The number of anilines is 1. The summed E-state index contributed by atoms with van der Waals surface area (Å²) in [5.74, 6) is -4.07. The quantitative estimate of drug-likeness (QED) is 0.749. The van der Waals surface area contributed by atoms with E-state index in [1.165, 1.54) is 6.20 Å². The lowest BCUT2D eigenvalue weighted by Gasteiger charge is -2.14. The summed E-state index contributed by atoms with van der Waals surface area (Å²) in [6.07, 6.45) is -2.45. The van der Waals surface area contributed by atoms with Gasteiger partial charge in [-0.05, 0) is 0 Å².